The fourth-order valence-corrected chi connectivity index (χ4v) is 2.83. The van der Waals surface area contributed by atoms with Gasteiger partial charge < -0.3 is 15.0 Å². The molecule has 138 valence electrons. The molecule has 1 fully saturated rings. The van der Waals surface area contributed by atoms with E-state index < -0.39 is 23.6 Å². The van der Waals surface area contributed by atoms with Gasteiger partial charge in [-0.2, -0.15) is 13.2 Å². The van der Waals surface area contributed by atoms with Gasteiger partial charge in [-0.1, -0.05) is 11.6 Å². The number of nitrogens with zero attached hydrogens (tertiary/aromatic N) is 1. The first-order valence-electron chi connectivity index (χ1n) is 7.66. The van der Waals surface area contributed by atoms with Crippen LogP contribution in [0.4, 0.5) is 18.9 Å². The molecule has 1 atom stereocenters. The van der Waals surface area contributed by atoms with Crippen LogP contribution in [0.1, 0.15) is 18.4 Å². The van der Waals surface area contributed by atoms with Crippen LogP contribution in [0.5, 0.6) is 0 Å². The zero-order valence-electron chi connectivity index (χ0n) is 13.5. The lowest BCUT2D eigenvalue weighted by Crippen LogP contribution is -2.30. The minimum absolute atomic E-state index is 0.0201. The Labute approximate surface area is 148 Å². The highest BCUT2D eigenvalue weighted by Crippen LogP contribution is 2.36. The van der Waals surface area contributed by atoms with E-state index in [2.05, 4.69) is 5.32 Å². The number of rotatable bonds is 6. The van der Waals surface area contributed by atoms with Crippen LogP contribution in [0.3, 0.4) is 0 Å². The molecule has 1 unspecified atom stereocenters. The third kappa shape index (κ3) is 5.09. The van der Waals surface area contributed by atoms with Gasteiger partial charge in [0.05, 0.1) is 17.2 Å². The maximum absolute atomic E-state index is 13.1. The molecule has 0 aliphatic carbocycles. The summed E-state index contributed by atoms with van der Waals surface area (Å²) >= 11 is 5.61. The van der Waals surface area contributed by atoms with E-state index in [4.69, 9.17) is 16.3 Å². The van der Waals surface area contributed by atoms with Crippen molar-refractivity contribution in [2.24, 2.45) is 5.92 Å². The largest absolute Gasteiger partial charge is 0.418 e. The molecule has 0 aromatic heterocycles. The Morgan fingerprint density at radius 2 is 2.16 bits per heavy atom. The van der Waals surface area contributed by atoms with E-state index in [1.807, 2.05) is 0 Å². The molecule has 25 heavy (non-hydrogen) atoms. The summed E-state index contributed by atoms with van der Waals surface area (Å²) in [5.41, 5.74) is -1.39. The van der Waals surface area contributed by atoms with E-state index in [-0.39, 0.29) is 29.6 Å². The molecule has 0 bridgehead atoms. The molecule has 1 aliphatic heterocycles. The summed E-state index contributed by atoms with van der Waals surface area (Å²) in [6, 6.07) is 3.13. The number of amides is 2. The summed E-state index contributed by atoms with van der Waals surface area (Å²) in [4.78, 5) is 25.7. The quantitative estimate of drug-likeness (QED) is 0.773. The first-order valence-corrected chi connectivity index (χ1v) is 8.04. The zero-order chi connectivity index (χ0) is 18.6. The Morgan fingerprint density at radius 3 is 2.80 bits per heavy atom. The second-order valence-electron chi connectivity index (χ2n) is 5.76. The maximum atomic E-state index is 13.1. The normalized spacial score (nSPS) is 17.9. The van der Waals surface area contributed by atoms with Crippen molar-refractivity contribution in [3.8, 4) is 0 Å². The van der Waals surface area contributed by atoms with Crippen molar-refractivity contribution in [1.29, 1.82) is 0 Å². The average Bonchev–Trinajstić information content (AvgIpc) is 2.90. The van der Waals surface area contributed by atoms with Crippen molar-refractivity contribution in [2.75, 3.05) is 32.1 Å². The lowest BCUT2D eigenvalue weighted by Gasteiger charge is -2.17. The Bertz CT molecular complexity index is 652. The predicted molar refractivity (Wildman–Crippen MR) is 86.3 cm³/mol. The molecule has 1 aliphatic rings. The Morgan fingerprint density at radius 1 is 1.44 bits per heavy atom. The van der Waals surface area contributed by atoms with Gasteiger partial charge in [-0.05, 0) is 24.6 Å². The number of nitrogens with one attached hydrogen (secondary N) is 1. The van der Waals surface area contributed by atoms with Crippen molar-refractivity contribution >= 4 is 29.1 Å². The summed E-state index contributed by atoms with van der Waals surface area (Å²) in [5, 5.41) is 2.20. The first-order chi connectivity index (χ1) is 11.7. The molecule has 1 saturated heterocycles. The highest BCUT2D eigenvalue weighted by atomic mass is 35.5. The van der Waals surface area contributed by atoms with Crippen molar-refractivity contribution in [3.05, 3.63) is 28.8 Å². The molecule has 5 nitrogen and oxygen atoms in total. The van der Waals surface area contributed by atoms with Gasteiger partial charge in [0.15, 0.2) is 0 Å². The second-order valence-corrected chi connectivity index (χ2v) is 6.20. The molecular weight excluding hydrogens is 361 g/mol. The highest BCUT2D eigenvalue weighted by Gasteiger charge is 2.37. The molecule has 0 radical (unpaired) electrons. The van der Waals surface area contributed by atoms with Crippen LogP contribution in [0.15, 0.2) is 18.2 Å². The van der Waals surface area contributed by atoms with Crippen LogP contribution in [-0.4, -0.2) is 43.5 Å². The number of benzene rings is 1. The molecule has 1 aromatic carbocycles. The molecule has 1 N–H and O–H groups in total. The number of likely N-dealkylation sites (tertiary alicyclic amines) is 1. The Kier molecular flexibility index (Phi) is 6.29. The van der Waals surface area contributed by atoms with Crippen LogP contribution < -0.4 is 5.32 Å². The summed E-state index contributed by atoms with van der Waals surface area (Å²) < 4.78 is 44.1. The number of anilines is 1. The molecule has 9 heteroatoms. The average molecular weight is 379 g/mol. The fraction of sp³-hybridized carbons (Fsp3) is 0.500. The molecule has 2 rings (SSSR count). The third-order valence-corrected chi connectivity index (χ3v) is 4.14. The van der Waals surface area contributed by atoms with Crippen LogP contribution in [-0.2, 0) is 20.5 Å². The van der Waals surface area contributed by atoms with Gasteiger partial charge in [-0.3, -0.25) is 9.59 Å². The van der Waals surface area contributed by atoms with Gasteiger partial charge in [0, 0.05) is 38.2 Å². The summed E-state index contributed by atoms with van der Waals surface area (Å²) in [6.45, 7) is 1.12. The topological polar surface area (TPSA) is 58.6 Å². The SMILES string of the molecule is COCCCN1CC(C(=O)Nc2ccc(Cl)cc2C(F)(F)F)CC1=O. The standard InChI is InChI=1S/C16H18ClF3N2O3/c1-25-6-2-5-22-9-10(7-14(22)23)15(24)21-13-4-3-11(17)8-12(13)16(18,19)20/h3-4,8,10H,2,5-7,9H2,1H3,(H,21,24). The minimum atomic E-state index is -4.65. The van der Waals surface area contributed by atoms with E-state index in [0.29, 0.717) is 19.6 Å². The monoisotopic (exact) mass is 378 g/mol. The van der Waals surface area contributed by atoms with E-state index in [1.54, 1.807) is 7.11 Å². The third-order valence-electron chi connectivity index (χ3n) is 3.91. The Balaban J connectivity index is 2.05. The number of hydrogen-bond acceptors (Lipinski definition) is 3. The summed E-state index contributed by atoms with van der Waals surface area (Å²) in [7, 11) is 1.55. The van der Waals surface area contributed by atoms with Crippen LogP contribution in [0.25, 0.3) is 0 Å². The summed E-state index contributed by atoms with van der Waals surface area (Å²) in [5.74, 6) is -1.49. The number of carbonyl (C=O) groups excluding carboxylic acids is 2. The minimum Gasteiger partial charge on any atom is -0.385 e. The van der Waals surface area contributed by atoms with E-state index in [0.717, 1.165) is 12.1 Å². The van der Waals surface area contributed by atoms with E-state index in [9.17, 15) is 22.8 Å². The number of hydrogen-bond donors (Lipinski definition) is 1. The van der Waals surface area contributed by atoms with Gasteiger partial charge in [-0.15, -0.1) is 0 Å². The number of methoxy groups -OCH3 is 1. The lowest BCUT2D eigenvalue weighted by atomic mass is 10.1. The summed E-state index contributed by atoms with van der Waals surface area (Å²) in [6.07, 6.45) is -4.04. The number of ether oxygens (including phenoxy) is 1. The van der Waals surface area contributed by atoms with Crippen molar-refractivity contribution in [3.63, 3.8) is 0 Å². The lowest BCUT2D eigenvalue weighted by molar-refractivity contribution is -0.137. The zero-order valence-corrected chi connectivity index (χ0v) is 14.3. The van der Waals surface area contributed by atoms with Crippen LogP contribution >= 0.6 is 11.6 Å². The molecule has 0 spiro atoms. The van der Waals surface area contributed by atoms with Gasteiger partial charge >= 0.3 is 6.18 Å². The number of carbonyl (C=O) groups is 2. The van der Waals surface area contributed by atoms with E-state index in [1.165, 1.54) is 11.0 Å². The predicted octanol–water partition coefficient (Wildman–Crippen LogP) is 3.18. The van der Waals surface area contributed by atoms with E-state index >= 15 is 0 Å². The van der Waals surface area contributed by atoms with Crippen molar-refractivity contribution in [1.82, 2.24) is 4.90 Å². The highest BCUT2D eigenvalue weighted by molar-refractivity contribution is 6.30. The number of alkyl halides is 3. The van der Waals surface area contributed by atoms with Gasteiger partial charge in [0.2, 0.25) is 11.8 Å². The molecule has 1 aromatic rings. The van der Waals surface area contributed by atoms with Crippen molar-refractivity contribution in [2.45, 2.75) is 19.0 Å². The smallest absolute Gasteiger partial charge is 0.385 e. The van der Waals surface area contributed by atoms with Gasteiger partial charge in [0.25, 0.3) is 0 Å². The van der Waals surface area contributed by atoms with Crippen molar-refractivity contribution < 1.29 is 27.5 Å². The van der Waals surface area contributed by atoms with Crippen LogP contribution in [0.2, 0.25) is 5.02 Å². The van der Waals surface area contributed by atoms with Crippen LogP contribution in [0, 0.1) is 5.92 Å². The maximum Gasteiger partial charge on any atom is 0.418 e. The number of halogens is 4. The fourth-order valence-electron chi connectivity index (χ4n) is 2.66. The molecule has 2 amide bonds. The first kappa shape index (κ1) is 19.5. The van der Waals surface area contributed by atoms with Gasteiger partial charge in [0.1, 0.15) is 0 Å². The Hall–Kier alpha value is -1.80. The molecule has 0 saturated carbocycles. The molecular formula is C16H18ClF3N2O3. The van der Waals surface area contributed by atoms with Gasteiger partial charge in [-0.25, -0.2) is 0 Å². The second kappa shape index (κ2) is 8.05. The molecule has 1 heterocycles.